The molecule has 0 N–H and O–H groups in total. The Morgan fingerprint density at radius 3 is 1.37 bits per heavy atom. The Morgan fingerprint density at radius 2 is 0.726 bits per heavy atom. The highest BCUT2D eigenvalue weighted by Crippen LogP contribution is 2.57. The van der Waals surface area contributed by atoms with Crippen molar-refractivity contribution in [2.45, 2.75) is 5.41 Å². The lowest BCUT2D eigenvalue weighted by Crippen LogP contribution is -2.28. The molecule has 0 saturated heterocycles. The maximum atomic E-state index is 2.45. The van der Waals surface area contributed by atoms with Gasteiger partial charge >= 0.3 is 0 Å². The molecule has 0 aliphatic heterocycles. The van der Waals surface area contributed by atoms with Gasteiger partial charge in [-0.2, -0.15) is 0 Å². The van der Waals surface area contributed by atoms with E-state index in [-0.39, 0.29) is 0 Å². The number of aromatic nitrogens is 1. The molecule has 1 aromatic heterocycles. The van der Waals surface area contributed by atoms with Gasteiger partial charge < -0.3 is 9.47 Å². The van der Waals surface area contributed by atoms with E-state index in [1.807, 2.05) is 0 Å². The molecule has 2 heteroatoms. The van der Waals surface area contributed by atoms with Gasteiger partial charge in [0, 0.05) is 33.4 Å². The molecule has 1 aliphatic carbocycles. The Bertz CT molecular complexity index is 4080. The Balaban J connectivity index is 0.815. The molecule has 1 heterocycles. The molecular weight excluding hydrogens is 881 g/mol. The van der Waals surface area contributed by atoms with Gasteiger partial charge in [0.25, 0.3) is 0 Å². The molecule has 1 aliphatic rings. The summed E-state index contributed by atoms with van der Waals surface area (Å²) in [6, 6.07) is 107. The molecule has 14 rings (SSSR count). The van der Waals surface area contributed by atoms with Crippen LogP contribution in [0.15, 0.2) is 291 Å². The van der Waals surface area contributed by atoms with Gasteiger partial charge in [0.2, 0.25) is 0 Å². The first-order chi connectivity index (χ1) is 36.2. The highest BCUT2D eigenvalue weighted by molar-refractivity contribution is 6.09. The molecule has 73 heavy (non-hydrogen) atoms. The van der Waals surface area contributed by atoms with Gasteiger partial charge in [-0.3, -0.25) is 0 Å². The fourth-order valence-electron chi connectivity index (χ4n) is 11.9. The third-order valence-corrected chi connectivity index (χ3v) is 15.3. The predicted molar refractivity (Wildman–Crippen MR) is 307 cm³/mol. The van der Waals surface area contributed by atoms with Crippen molar-refractivity contribution >= 4 is 49.6 Å². The van der Waals surface area contributed by atoms with Crippen LogP contribution in [-0.4, -0.2) is 4.57 Å². The number of benzene rings is 12. The number of fused-ring (bicyclic) bond motifs is 7. The summed E-state index contributed by atoms with van der Waals surface area (Å²) in [5.41, 5.74) is 21.3. The lowest BCUT2D eigenvalue weighted by Gasteiger charge is -2.34. The van der Waals surface area contributed by atoms with Crippen LogP contribution in [0, 0.1) is 0 Å². The number of anilines is 3. The molecule has 0 unspecified atom stereocenters. The van der Waals surface area contributed by atoms with Crippen LogP contribution in [0.25, 0.3) is 82.8 Å². The van der Waals surface area contributed by atoms with Crippen LogP contribution in [0.3, 0.4) is 0 Å². The van der Waals surface area contributed by atoms with Crippen molar-refractivity contribution in [3.8, 4) is 50.2 Å². The first kappa shape index (κ1) is 42.4. The van der Waals surface area contributed by atoms with Crippen LogP contribution in [0.4, 0.5) is 17.1 Å². The second-order valence-electron chi connectivity index (χ2n) is 19.2. The molecule has 342 valence electrons. The molecule has 0 spiro atoms. The molecule has 0 fully saturated rings. The van der Waals surface area contributed by atoms with Crippen molar-refractivity contribution in [3.63, 3.8) is 0 Å². The zero-order valence-corrected chi connectivity index (χ0v) is 40.1. The fourth-order valence-corrected chi connectivity index (χ4v) is 11.9. The normalized spacial score (nSPS) is 12.5. The van der Waals surface area contributed by atoms with E-state index in [4.69, 9.17) is 0 Å². The first-order valence-corrected chi connectivity index (χ1v) is 25.2. The first-order valence-electron chi connectivity index (χ1n) is 25.2. The molecule has 13 aromatic rings. The number of nitrogens with zero attached hydrogens (tertiary/aromatic N) is 2. The topological polar surface area (TPSA) is 8.17 Å². The summed E-state index contributed by atoms with van der Waals surface area (Å²) in [6.07, 6.45) is 0. The van der Waals surface area contributed by atoms with Crippen molar-refractivity contribution in [1.29, 1.82) is 0 Å². The Morgan fingerprint density at radius 1 is 0.274 bits per heavy atom. The number of rotatable bonds is 9. The van der Waals surface area contributed by atoms with Gasteiger partial charge in [-0.1, -0.05) is 231 Å². The Hall–Kier alpha value is -9.50. The largest absolute Gasteiger partial charge is 0.310 e. The average molecular weight is 929 g/mol. The minimum absolute atomic E-state index is 0.453. The zero-order valence-electron chi connectivity index (χ0n) is 40.1. The van der Waals surface area contributed by atoms with Crippen LogP contribution in [-0.2, 0) is 5.41 Å². The summed E-state index contributed by atoms with van der Waals surface area (Å²) in [5.74, 6) is 0. The number of para-hydroxylation sites is 3. The van der Waals surface area contributed by atoms with Crippen LogP contribution >= 0.6 is 0 Å². The van der Waals surface area contributed by atoms with Crippen LogP contribution in [0.5, 0.6) is 0 Å². The Labute approximate surface area is 426 Å². The van der Waals surface area contributed by atoms with E-state index in [2.05, 4.69) is 301 Å². The van der Waals surface area contributed by atoms with Crippen molar-refractivity contribution in [2.75, 3.05) is 4.90 Å². The van der Waals surface area contributed by atoms with Gasteiger partial charge in [0.1, 0.15) is 0 Å². The van der Waals surface area contributed by atoms with Crippen molar-refractivity contribution in [1.82, 2.24) is 4.57 Å². The van der Waals surface area contributed by atoms with E-state index in [9.17, 15) is 0 Å². The fraction of sp³-hybridized carbons (Fsp3) is 0.0141. The average Bonchev–Trinajstić information content (AvgIpc) is 3.97. The van der Waals surface area contributed by atoms with Gasteiger partial charge in [-0.05, 0) is 133 Å². The summed E-state index contributed by atoms with van der Waals surface area (Å²) in [7, 11) is 0. The molecule has 12 aromatic carbocycles. The van der Waals surface area contributed by atoms with E-state index in [0.717, 1.165) is 17.1 Å². The Kier molecular flexibility index (Phi) is 10.1. The third kappa shape index (κ3) is 6.94. The smallest absolute Gasteiger partial charge is 0.0713 e. The van der Waals surface area contributed by atoms with Crippen LogP contribution in [0.1, 0.15) is 22.3 Å². The summed E-state index contributed by atoms with van der Waals surface area (Å²) in [5, 5.41) is 4.95. The van der Waals surface area contributed by atoms with Crippen LogP contribution < -0.4 is 4.90 Å². The SMILES string of the molecule is c1ccc(C2(c3ccccc3)c3ccccc3-c3ccc(-c4ccc(N(c5ccc(-c6ccc(-c7ccccc7-n7c8ccccc8c8ccccc87)cc6)cc5)c5ccc6ccccc6c5)cc4)cc32)cc1. The maximum absolute atomic E-state index is 2.45. The molecule has 0 bridgehead atoms. The molecule has 2 nitrogen and oxygen atoms in total. The lowest BCUT2D eigenvalue weighted by atomic mass is 9.67. The maximum Gasteiger partial charge on any atom is 0.0713 e. The van der Waals surface area contributed by atoms with Gasteiger partial charge in [0.15, 0.2) is 0 Å². The quantitative estimate of drug-likeness (QED) is 0.140. The molecule has 0 saturated carbocycles. The molecular formula is C71H48N2. The van der Waals surface area contributed by atoms with Crippen LogP contribution in [0.2, 0.25) is 0 Å². The van der Waals surface area contributed by atoms with E-state index in [1.54, 1.807) is 0 Å². The molecule has 0 radical (unpaired) electrons. The number of hydrogen-bond donors (Lipinski definition) is 0. The molecule has 0 atom stereocenters. The van der Waals surface area contributed by atoms with Crippen molar-refractivity contribution < 1.29 is 0 Å². The third-order valence-electron chi connectivity index (χ3n) is 15.3. The minimum Gasteiger partial charge on any atom is -0.310 e. The summed E-state index contributed by atoms with van der Waals surface area (Å²) in [4.78, 5) is 2.38. The summed E-state index contributed by atoms with van der Waals surface area (Å²) < 4.78 is 2.41. The minimum atomic E-state index is -0.453. The van der Waals surface area contributed by atoms with Gasteiger partial charge in [0.05, 0.1) is 22.1 Å². The standard InChI is InChI=1S/C71H48N2/c1-3-19-56(20-4-1)71(57-21-5-2-6-22-57)66-27-13-9-24-62(66)63-46-40-55(48-67(63)71)52-37-43-59(44-38-52)72(60-45-39-49-17-7-8-18-54(49)47-60)58-41-35-51(36-42-58)50-31-33-53(34-32-50)61-23-10-14-28-68(61)73-69-29-15-11-25-64(69)65-26-12-16-30-70(65)73/h1-48H. The van der Waals surface area contributed by atoms with E-state index >= 15 is 0 Å². The summed E-state index contributed by atoms with van der Waals surface area (Å²) >= 11 is 0. The van der Waals surface area contributed by atoms with E-state index < -0.39 is 5.41 Å². The zero-order chi connectivity index (χ0) is 48.3. The van der Waals surface area contributed by atoms with Crippen molar-refractivity contribution in [2.24, 2.45) is 0 Å². The van der Waals surface area contributed by atoms with Gasteiger partial charge in [-0.15, -0.1) is 0 Å². The van der Waals surface area contributed by atoms with E-state index in [1.165, 1.54) is 105 Å². The monoisotopic (exact) mass is 928 g/mol. The second-order valence-corrected chi connectivity index (χ2v) is 19.2. The predicted octanol–water partition coefficient (Wildman–Crippen LogP) is 18.8. The molecule has 0 amide bonds. The summed E-state index contributed by atoms with van der Waals surface area (Å²) in [6.45, 7) is 0. The lowest BCUT2D eigenvalue weighted by molar-refractivity contribution is 0.769. The van der Waals surface area contributed by atoms with E-state index in [0.29, 0.717) is 0 Å². The highest BCUT2D eigenvalue weighted by atomic mass is 15.1. The highest BCUT2D eigenvalue weighted by Gasteiger charge is 2.46. The number of hydrogen-bond acceptors (Lipinski definition) is 1. The van der Waals surface area contributed by atoms with Crippen molar-refractivity contribution in [3.05, 3.63) is 313 Å². The van der Waals surface area contributed by atoms with Gasteiger partial charge in [-0.25, -0.2) is 0 Å². The second kappa shape index (κ2) is 17.4.